The predicted molar refractivity (Wildman–Crippen MR) is 108 cm³/mol. The zero-order valence-electron chi connectivity index (χ0n) is 16.3. The van der Waals surface area contributed by atoms with Crippen LogP contribution in [0.25, 0.3) is 11.7 Å². The highest BCUT2D eigenvalue weighted by atomic mass is 32.1. The van der Waals surface area contributed by atoms with E-state index in [2.05, 4.69) is 23.0 Å². The lowest BCUT2D eigenvalue weighted by molar-refractivity contribution is 0.0749. The van der Waals surface area contributed by atoms with Gasteiger partial charge in [0.25, 0.3) is 11.8 Å². The van der Waals surface area contributed by atoms with Gasteiger partial charge in [0.1, 0.15) is 10.9 Å². The van der Waals surface area contributed by atoms with E-state index in [1.54, 1.807) is 12.1 Å². The number of oxazole rings is 1. The lowest BCUT2D eigenvalue weighted by Crippen LogP contribution is -2.48. The average molecular weight is 411 g/mol. The molecule has 1 fully saturated rings. The van der Waals surface area contributed by atoms with E-state index in [4.69, 9.17) is 8.83 Å². The van der Waals surface area contributed by atoms with E-state index in [0.717, 1.165) is 28.4 Å². The molecule has 1 amide bonds. The minimum Gasteiger partial charge on any atom is -0.459 e. The van der Waals surface area contributed by atoms with Crippen molar-refractivity contribution in [3.63, 3.8) is 0 Å². The second kappa shape index (κ2) is 8.09. The molecule has 4 rings (SSSR count). The molecular formula is C20H21N5O3S. The van der Waals surface area contributed by atoms with Crippen molar-refractivity contribution < 1.29 is 13.6 Å². The molecule has 0 aliphatic carbocycles. The first-order valence-electron chi connectivity index (χ1n) is 9.56. The summed E-state index contributed by atoms with van der Waals surface area (Å²) in [7, 11) is 0. The van der Waals surface area contributed by atoms with Gasteiger partial charge in [-0.25, -0.2) is 4.98 Å². The molecule has 0 N–H and O–H groups in total. The van der Waals surface area contributed by atoms with E-state index in [1.807, 2.05) is 16.7 Å². The molecule has 1 saturated heterocycles. The minimum absolute atomic E-state index is 0.0244. The normalized spacial score (nSPS) is 14.2. The Morgan fingerprint density at radius 1 is 1.31 bits per heavy atom. The number of nitrogens with zero attached hydrogens (tertiary/aromatic N) is 5. The second-order valence-corrected chi connectivity index (χ2v) is 7.90. The van der Waals surface area contributed by atoms with E-state index in [-0.39, 0.29) is 17.5 Å². The van der Waals surface area contributed by atoms with Crippen LogP contribution in [0.5, 0.6) is 0 Å². The highest BCUT2D eigenvalue weighted by Gasteiger charge is 2.29. The summed E-state index contributed by atoms with van der Waals surface area (Å²) in [6.45, 7) is 6.21. The number of carbonyl (C=O) groups excluding carboxylic acids is 1. The lowest BCUT2D eigenvalue weighted by atomic mass is 10.2. The zero-order valence-corrected chi connectivity index (χ0v) is 17.2. The fourth-order valence-electron chi connectivity index (χ4n) is 3.33. The van der Waals surface area contributed by atoms with Crippen molar-refractivity contribution in [3.05, 3.63) is 39.7 Å². The summed E-state index contributed by atoms with van der Waals surface area (Å²) in [5.74, 6) is 1.20. The molecule has 0 saturated carbocycles. The van der Waals surface area contributed by atoms with E-state index < -0.39 is 0 Å². The van der Waals surface area contributed by atoms with Gasteiger partial charge in [0.05, 0.1) is 17.0 Å². The molecule has 3 aromatic rings. The Kier molecular flexibility index (Phi) is 5.36. The van der Waals surface area contributed by atoms with Gasteiger partial charge >= 0.3 is 0 Å². The first-order valence-corrected chi connectivity index (χ1v) is 10.4. The van der Waals surface area contributed by atoms with Gasteiger partial charge in [0, 0.05) is 26.2 Å². The highest BCUT2D eigenvalue weighted by molar-refractivity contribution is 7.13. The van der Waals surface area contributed by atoms with Crippen molar-refractivity contribution >= 4 is 23.1 Å². The molecule has 0 spiro atoms. The topological polar surface area (TPSA) is 99.4 Å². The van der Waals surface area contributed by atoms with Crippen molar-refractivity contribution in [3.8, 4) is 17.7 Å². The van der Waals surface area contributed by atoms with Crippen LogP contribution in [0.15, 0.2) is 27.2 Å². The fourth-order valence-corrected chi connectivity index (χ4v) is 4.47. The van der Waals surface area contributed by atoms with Crippen LogP contribution in [0.3, 0.4) is 0 Å². The quantitative estimate of drug-likeness (QED) is 0.633. The standard InChI is InChI=1S/C20H21N5O3S/c1-3-5-16-22-13(2)17(29-16)19(26)24-7-9-25(10-8-24)20-14(12-21)23-18(28-20)15-6-4-11-27-15/h4,6,11H,3,5,7-10H2,1-2H3. The average Bonchev–Trinajstić information content (AvgIpc) is 3.47. The van der Waals surface area contributed by atoms with E-state index in [1.165, 1.54) is 17.6 Å². The van der Waals surface area contributed by atoms with Gasteiger partial charge in [-0.15, -0.1) is 11.3 Å². The van der Waals surface area contributed by atoms with Crippen LogP contribution in [0.1, 0.15) is 39.4 Å². The van der Waals surface area contributed by atoms with E-state index in [9.17, 15) is 10.1 Å². The highest BCUT2D eigenvalue weighted by Crippen LogP contribution is 2.29. The summed E-state index contributed by atoms with van der Waals surface area (Å²) >= 11 is 1.49. The van der Waals surface area contributed by atoms with Crippen LogP contribution >= 0.6 is 11.3 Å². The zero-order chi connectivity index (χ0) is 20.4. The molecule has 3 aromatic heterocycles. The number of piperazine rings is 1. The molecule has 0 atom stereocenters. The van der Waals surface area contributed by atoms with Crippen molar-refractivity contribution in [1.29, 1.82) is 5.26 Å². The Balaban J connectivity index is 1.46. The SMILES string of the molecule is CCCc1nc(C)c(C(=O)N2CCN(c3oc(-c4ccco4)nc3C#N)CC2)s1. The smallest absolute Gasteiger partial charge is 0.266 e. The maximum absolute atomic E-state index is 12.9. The molecule has 4 heterocycles. The van der Waals surface area contributed by atoms with Crippen molar-refractivity contribution in [2.75, 3.05) is 31.1 Å². The Bertz CT molecular complexity index is 1040. The predicted octanol–water partition coefficient (Wildman–Crippen LogP) is 3.49. The summed E-state index contributed by atoms with van der Waals surface area (Å²) in [6.07, 6.45) is 3.44. The fraction of sp³-hybridized carbons (Fsp3) is 0.400. The number of amides is 1. The third-order valence-electron chi connectivity index (χ3n) is 4.80. The first-order chi connectivity index (χ1) is 14.1. The van der Waals surface area contributed by atoms with Crippen LogP contribution in [0.2, 0.25) is 0 Å². The molecule has 9 heteroatoms. The molecule has 0 radical (unpaired) electrons. The maximum atomic E-state index is 12.9. The van der Waals surface area contributed by atoms with E-state index in [0.29, 0.717) is 37.8 Å². The van der Waals surface area contributed by atoms with Gasteiger partial charge in [-0.3, -0.25) is 4.79 Å². The Hall–Kier alpha value is -3.12. The van der Waals surface area contributed by atoms with Crippen LogP contribution in [0.4, 0.5) is 5.88 Å². The minimum atomic E-state index is 0.0244. The van der Waals surface area contributed by atoms with Crippen LogP contribution in [-0.4, -0.2) is 47.0 Å². The van der Waals surface area contributed by atoms with Gasteiger partial charge in [-0.1, -0.05) is 6.92 Å². The van der Waals surface area contributed by atoms with Crippen molar-refractivity contribution in [2.24, 2.45) is 0 Å². The molecule has 150 valence electrons. The summed E-state index contributed by atoms with van der Waals surface area (Å²) in [5, 5.41) is 10.4. The van der Waals surface area contributed by atoms with Crippen LogP contribution in [0, 0.1) is 18.3 Å². The number of nitriles is 1. The van der Waals surface area contributed by atoms with Gasteiger partial charge in [-0.2, -0.15) is 10.2 Å². The Morgan fingerprint density at radius 2 is 2.10 bits per heavy atom. The first kappa shape index (κ1) is 19.2. The molecule has 8 nitrogen and oxygen atoms in total. The van der Waals surface area contributed by atoms with Gasteiger partial charge in [0.15, 0.2) is 5.76 Å². The number of carbonyl (C=O) groups is 1. The number of rotatable bonds is 5. The number of thiazole rings is 1. The Morgan fingerprint density at radius 3 is 2.76 bits per heavy atom. The van der Waals surface area contributed by atoms with Crippen LogP contribution in [-0.2, 0) is 6.42 Å². The third-order valence-corrected chi connectivity index (χ3v) is 6.01. The Labute approximate surface area is 172 Å². The molecule has 0 bridgehead atoms. The number of hydrogen-bond acceptors (Lipinski definition) is 8. The summed E-state index contributed by atoms with van der Waals surface area (Å²) in [6, 6.07) is 5.55. The maximum Gasteiger partial charge on any atom is 0.266 e. The third kappa shape index (κ3) is 3.76. The molecule has 29 heavy (non-hydrogen) atoms. The molecule has 1 aliphatic rings. The van der Waals surface area contributed by atoms with Crippen molar-refractivity contribution in [2.45, 2.75) is 26.7 Å². The molecular weight excluding hydrogens is 390 g/mol. The second-order valence-electron chi connectivity index (χ2n) is 6.81. The summed E-state index contributed by atoms with van der Waals surface area (Å²) in [5.41, 5.74) is 1.02. The summed E-state index contributed by atoms with van der Waals surface area (Å²) < 4.78 is 11.1. The number of aryl methyl sites for hydroxylation is 2. The number of anilines is 1. The summed E-state index contributed by atoms with van der Waals surface area (Å²) in [4.78, 5) is 26.2. The number of hydrogen-bond donors (Lipinski definition) is 0. The van der Waals surface area contributed by atoms with Gasteiger partial charge in [-0.05, 0) is 31.9 Å². The molecule has 1 aliphatic heterocycles. The number of furan rings is 1. The monoisotopic (exact) mass is 411 g/mol. The van der Waals surface area contributed by atoms with Crippen LogP contribution < -0.4 is 4.90 Å². The van der Waals surface area contributed by atoms with Gasteiger partial charge in [0.2, 0.25) is 11.6 Å². The number of aromatic nitrogens is 2. The molecule has 0 unspecified atom stereocenters. The lowest BCUT2D eigenvalue weighted by Gasteiger charge is -2.34. The largest absolute Gasteiger partial charge is 0.459 e. The van der Waals surface area contributed by atoms with Crippen molar-refractivity contribution in [1.82, 2.24) is 14.9 Å². The van der Waals surface area contributed by atoms with E-state index >= 15 is 0 Å². The van der Waals surface area contributed by atoms with Gasteiger partial charge < -0.3 is 18.6 Å². The molecule has 0 aromatic carbocycles.